The number of rotatable bonds is 11. The summed E-state index contributed by atoms with van der Waals surface area (Å²) in [7, 11) is 1.55. The smallest absolute Gasteiger partial charge is 0.349 e. The molecule has 0 heterocycles. The van der Waals surface area contributed by atoms with Gasteiger partial charge in [0.05, 0.1) is 7.11 Å². The van der Waals surface area contributed by atoms with Crippen molar-refractivity contribution in [2.75, 3.05) is 13.7 Å². The van der Waals surface area contributed by atoms with Gasteiger partial charge in [0.15, 0.2) is 0 Å². The molecule has 0 radical (unpaired) electrons. The van der Waals surface area contributed by atoms with Crippen LogP contribution in [0.2, 0.25) is 0 Å². The Morgan fingerprint density at radius 2 is 1.68 bits per heavy atom. The number of hydrogen-bond acceptors (Lipinski definition) is 4. The fourth-order valence-electron chi connectivity index (χ4n) is 3.34. The topological polar surface area (TPSA) is 76.0 Å². The zero-order chi connectivity index (χ0) is 20.5. The Kier molecular flexibility index (Phi) is 8.33. The average Bonchev–Trinajstić information content (AvgIpc) is 2.68. The highest BCUT2D eigenvalue weighted by atomic mass is 16.5. The number of aliphatic hydroxyl groups excluding tert-OH is 1. The molecule has 5 nitrogen and oxygen atoms in total. The predicted octanol–water partition coefficient (Wildman–Crippen LogP) is 4.34. The van der Waals surface area contributed by atoms with Gasteiger partial charge >= 0.3 is 5.97 Å². The van der Waals surface area contributed by atoms with E-state index in [1.54, 1.807) is 31.4 Å². The second-order valence-corrected chi connectivity index (χ2v) is 6.83. The van der Waals surface area contributed by atoms with Gasteiger partial charge in [-0.15, -0.1) is 0 Å². The first-order valence-corrected chi connectivity index (χ1v) is 9.82. The van der Waals surface area contributed by atoms with E-state index < -0.39 is 12.1 Å². The largest absolute Gasteiger partial charge is 0.497 e. The molecule has 0 aliphatic rings. The van der Waals surface area contributed by atoms with Crippen molar-refractivity contribution in [3.05, 3.63) is 58.7 Å². The molecule has 0 fully saturated rings. The Bertz CT molecular complexity index is 757. The van der Waals surface area contributed by atoms with E-state index in [4.69, 9.17) is 9.47 Å². The summed E-state index contributed by atoms with van der Waals surface area (Å²) in [5.41, 5.74) is 3.57. The van der Waals surface area contributed by atoms with Crippen molar-refractivity contribution in [1.82, 2.24) is 0 Å². The highest BCUT2D eigenvalue weighted by molar-refractivity contribution is 5.75. The molecule has 0 aliphatic carbocycles. The van der Waals surface area contributed by atoms with Crippen molar-refractivity contribution in [2.24, 2.45) is 0 Å². The molecule has 5 heteroatoms. The fraction of sp³-hybridized carbons (Fsp3) is 0.435. The third-order valence-corrected chi connectivity index (χ3v) is 4.60. The summed E-state index contributed by atoms with van der Waals surface area (Å²) >= 11 is 0. The van der Waals surface area contributed by atoms with Gasteiger partial charge in [-0.25, -0.2) is 4.79 Å². The normalized spacial score (nSPS) is 11.9. The van der Waals surface area contributed by atoms with Gasteiger partial charge in [0, 0.05) is 12.2 Å². The Balaban J connectivity index is 2.50. The molecule has 152 valence electrons. The third-order valence-electron chi connectivity index (χ3n) is 4.60. The maximum atomic E-state index is 12.0. The second-order valence-electron chi connectivity index (χ2n) is 6.83. The lowest BCUT2D eigenvalue weighted by atomic mass is 9.96. The molecule has 1 unspecified atom stereocenters. The van der Waals surface area contributed by atoms with Crippen LogP contribution in [0.25, 0.3) is 0 Å². The lowest BCUT2D eigenvalue weighted by Crippen LogP contribution is -2.20. The van der Waals surface area contributed by atoms with Crippen LogP contribution in [0.15, 0.2) is 36.4 Å². The summed E-state index contributed by atoms with van der Waals surface area (Å²) in [5, 5.41) is 19.2. The fourth-order valence-corrected chi connectivity index (χ4v) is 3.34. The number of carboxylic acids is 1. The van der Waals surface area contributed by atoms with Gasteiger partial charge in [0.1, 0.15) is 11.5 Å². The standard InChI is InChI=1S/C23H30O5/c1-4-7-17-13-16(11-12-24)14-18(8-5-2)21(17)28-22(23(25)26)19-9-6-10-20(15-19)27-3/h6,9-10,13-15,22,24H,4-5,7-8,11-12H2,1-3H3,(H,25,26). The van der Waals surface area contributed by atoms with Crippen LogP contribution in [-0.4, -0.2) is 29.9 Å². The molecule has 0 bridgehead atoms. The second kappa shape index (κ2) is 10.7. The molecule has 2 rings (SSSR count). The minimum Gasteiger partial charge on any atom is -0.497 e. The zero-order valence-corrected chi connectivity index (χ0v) is 16.9. The molecule has 0 saturated heterocycles. The number of hydrogen-bond donors (Lipinski definition) is 2. The van der Waals surface area contributed by atoms with E-state index in [0.717, 1.165) is 42.4 Å². The maximum Gasteiger partial charge on any atom is 0.349 e. The Hall–Kier alpha value is -2.53. The van der Waals surface area contributed by atoms with Crippen LogP contribution >= 0.6 is 0 Å². The number of benzene rings is 2. The summed E-state index contributed by atoms with van der Waals surface area (Å²) in [4.78, 5) is 12.0. The van der Waals surface area contributed by atoms with Crippen LogP contribution in [0.3, 0.4) is 0 Å². The molecule has 1 atom stereocenters. The van der Waals surface area contributed by atoms with Crippen LogP contribution in [0.4, 0.5) is 0 Å². The van der Waals surface area contributed by atoms with Crippen LogP contribution in [0.5, 0.6) is 11.5 Å². The number of ether oxygens (including phenoxy) is 2. The average molecular weight is 386 g/mol. The van der Waals surface area contributed by atoms with Crippen LogP contribution < -0.4 is 9.47 Å². The number of aliphatic hydroxyl groups is 1. The predicted molar refractivity (Wildman–Crippen MR) is 109 cm³/mol. The van der Waals surface area contributed by atoms with Gasteiger partial charge in [0.2, 0.25) is 6.10 Å². The van der Waals surface area contributed by atoms with E-state index in [0.29, 0.717) is 23.5 Å². The molecule has 2 aromatic rings. The van der Waals surface area contributed by atoms with Gasteiger partial charge in [-0.1, -0.05) is 51.0 Å². The highest BCUT2D eigenvalue weighted by Crippen LogP contribution is 2.33. The van der Waals surface area contributed by atoms with E-state index in [2.05, 4.69) is 13.8 Å². The molecular weight excluding hydrogens is 356 g/mol. The van der Waals surface area contributed by atoms with Gasteiger partial charge in [-0.2, -0.15) is 0 Å². The van der Waals surface area contributed by atoms with Crippen molar-refractivity contribution in [3.8, 4) is 11.5 Å². The first-order chi connectivity index (χ1) is 13.5. The summed E-state index contributed by atoms with van der Waals surface area (Å²) in [6, 6.07) is 11.0. The van der Waals surface area contributed by atoms with Crippen molar-refractivity contribution >= 4 is 5.97 Å². The summed E-state index contributed by atoms with van der Waals surface area (Å²) in [6.07, 6.45) is 2.87. The molecule has 0 aliphatic heterocycles. The summed E-state index contributed by atoms with van der Waals surface area (Å²) in [6.45, 7) is 4.25. The van der Waals surface area contributed by atoms with E-state index in [-0.39, 0.29) is 6.61 Å². The highest BCUT2D eigenvalue weighted by Gasteiger charge is 2.25. The SMILES string of the molecule is CCCc1cc(CCO)cc(CCC)c1OC(C(=O)O)c1cccc(OC)c1. The third kappa shape index (κ3) is 5.49. The summed E-state index contributed by atoms with van der Waals surface area (Å²) < 4.78 is 11.4. The Morgan fingerprint density at radius 3 is 2.18 bits per heavy atom. The van der Waals surface area contributed by atoms with Crippen LogP contribution in [0, 0.1) is 0 Å². The van der Waals surface area contributed by atoms with Crippen LogP contribution in [-0.2, 0) is 24.1 Å². The quantitative estimate of drug-likeness (QED) is 0.601. The Labute approximate surface area is 166 Å². The van der Waals surface area contributed by atoms with E-state index in [9.17, 15) is 15.0 Å². The van der Waals surface area contributed by atoms with Crippen molar-refractivity contribution in [1.29, 1.82) is 0 Å². The number of methoxy groups -OCH3 is 1. The van der Waals surface area contributed by atoms with Gasteiger partial charge < -0.3 is 19.7 Å². The zero-order valence-electron chi connectivity index (χ0n) is 16.9. The van der Waals surface area contributed by atoms with E-state index in [1.165, 1.54) is 0 Å². The van der Waals surface area contributed by atoms with Crippen LogP contribution in [0.1, 0.15) is 55.0 Å². The first-order valence-electron chi connectivity index (χ1n) is 9.82. The van der Waals surface area contributed by atoms with Crippen molar-refractivity contribution in [2.45, 2.75) is 52.1 Å². The van der Waals surface area contributed by atoms with Crippen molar-refractivity contribution < 1.29 is 24.5 Å². The molecule has 0 saturated carbocycles. The summed E-state index contributed by atoms with van der Waals surface area (Å²) in [5.74, 6) is 0.200. The molecule has 2 N–H and O–H groups in total. The van der Waals surface area contributed by atoms with E-state index >= 15 is 0 Å². The number of aryl methyl sites for hydroxylation is 2. The molecule has 0 spiro atoms. The van der Waals surface area contributed by atoms with E-state index in [1.807, 2.05) is 12.1 Å². The van der Waals surface area contributed by atoms with Gasteiger partial charge in [-0.05, 0) is 48.1 Å². The molecular formula is C23H30O5. The lowest BCUT2D eigenvalue weighted by molar-refractivity contribution is -0.145. The number of carboxylic acid groups (broad SMARTS) is 1. The number of carbonyl (C=O) groups is 1. The monoisotopic (exact) mass is 386 g/mol. The maximum absolute atomic E-state index is 12.0. The molecule has 0 aromatic heterocycles. The van der Waals surface area contributed by atoms with Gasteiger partial charge in [0.25, 0.3) is 0 Å². The number of aliphatic carboxylic acids is 1. The molecule has 0 amide bonds. The first kappa shape index (κ1) is 21.8. The molecule has 2 aromatic carbocycles. The van der Waals surface area contributed by atoms with Crippen molar-refractivity contribution in [3.63, 3.8) is 0 Å². The van der Waals surface area contributed by atoms with Gasteiger partial charge in [-0.3, -0.25) is 0 Å². The Morgan fingerprint density at radius 1 is 1.04 bits per heavy atom. The lowest BCUT2D eigenvalue weighted by Gasteiger charge is -2.22. The minimum atomic E-state index is -1.12. The molecule has 28 heavy (non-hydrogen) atoms. The minimum absolute atomic E-state index is 0.0822.